The molecule has 0 saturated heterocycles. The molecule has 2 nitrogen and oxygen atoms in total. The van der Waals surface area contributed by atoms with Crippen molar-refractivity contribution in [2.75, 3.05) is 7.05 Å². The van der Waals surface area contributed by atoms with Gasteiger partial charge in [0.2, 0.25) is 0 Å². The molecule has 17 heavy (non-hydrogen) atoms. The highest BCUT2D eigenvalue weighted by Gasteiger charge is 2.08. The lowest BCUT2D eigenvalue weighted by atomic mass is 10.2. The summed E-state index contributed by atoms with van der Waals surface area (Å²) in [6, 6.07) is 6.54. The zero-order chi connectivity index (χ0) is 12.3. The molecule has 0 spiro atoms. The maximum Gasteiger partial charge on any atom is 0.0328 e. The number of rotatable bonds is 5. The summed E-state index contributed by atoms with van der Waals surface area (Å²) in [6.07, 6.45) is 0. The van der Waals surface area contributed by atoms with Crippen LogP contribution in [-0.4, -0.2) is 11.9 Å². The average molecular weight is 266 g/mol. The van der Waals surface area contributed by atoms with Crippen LogP contribution in [0.1, 0.15) is 20.2 Å². The van der Waals surface area contributed by atoms with E-state index in [4.69, 9.17) is 5.73 Å². The second-order valence-electron chi connectivity index (χ2n) is 4.25. The van der Waals surface area contributed by atoms with E-state index in [9.17, 15) is 0 Å². The molecule has 2 heterocycles. The van der Waals surface area contributed by atoms with Crippen LogP contribution in [0, 0.1) is 6.92 Å². The Hall–Kier alpha value is -0.680. The van der Waals surface area contributed by atoms with Crippen molar-refractivity contribution in [2.24, 2.45) is 5.73 Å². The van der Waals surface area contributed by atoms with Crippen molar-refractivity contribution in [1.82, 2.24) is 4.90 Å². The van der Waals surface area contributed by atoms with Crippen LogP contribution >= 0.6 is 22.7 Å². The number of aryl methyl sites for hydroxylation is 1. The summed E-state index contributed by atoms with van der Waals surface area (Å²) >= 11 is 3.63. The largest absolute Gasteiger partial charge is 0.326 e. The Morgan fingerprint density at radius 2 is 2.12 bits per heavy atom. The van der Waals surface area contributed by atoms with Crippen molar-refractivity contribution in [3.63, 3.8) is 0 Å². The molecule has 0 aliphatic rings. The van der Waals surface area contributed by atoms with Crippen LogP contribution in [-0.2, 0) is 19.6 Å². The standard InChI is InChI=1S/C13H18N2S2/c1-10-11(6-13(7-14)17-10)8-15(2)9-12-4-3-5-16-12/h3-6H,7-9,14H2,1-2H3. The fourth-order valence-corrected chi connectivity index (χ4v) is 3.58. The summed E-state index contributed by atoms with van der Waals surface area (Å²) in [6.45, 7) is 4.85. The van der Waals surface area contributed by atoms with E-state index in [1.807, 2.05) is 22.7 Å². The third kappa shape index (κ3) is 3.39. The van der Waals surface area contributed by atoms with Gasteiger partial charge >= 0.3 is 0 Å². The van der Waals surface area contributed by atoms with Gasteiger partial charge in [-0.15, -0.1) is 22.7 Å². The minimum atomic E-state index is 0.653. The van der Waals surface area contributed by atoms with Crippen LogP contribution < -0.4 is 5.73 Å². The van der Waals surface area contributed by atoms with Gasteiger partial charge in [-0.05, 0) is 37.0 Å². The quantitative estimate of drug-likeness (QED) is 0.900. The van der Waals surface area contributed by atoms with E-state index in [1.165, 1.54) is 20.2 Å². The average Bonchev–Trinajstić information content (AvgIpc) is 2.89. The van der Waals surface area contributed by atoms with Crippen LogP contribution in [0.2, 0.25) is 0 Å². The first-order valence-electron chi connectivity index (χ1n) is 5.68. The first-order valence-corrected chi connectivity index (χ1v) is 7.38. The molecule has 2 N–H and O–H groups in total. The summed E-state index contributed by atoms with van der Waals surface area (Å²) in [5.41, 5.74) is 7.08. The third-order valence-electron chi connectivity index (χ3n) is 2.72. The van der Waals surface area contributed by atoms with Crippen molar-refractivity contribution >= 4 is 22.7 Å². The number of hydrogen-bond donors (Lipinski definition) is 1. The molecule has 0 atom stereocenters. The predicted octanol–water partition coefficient (Wildman–Crippen LogP) is 3.21. The number of nitrogens with two attached hydrogens (primary N) is 1. The van der Waals surface area contributed by atoms with Crippen LogP contribution in [0.15, 0.2) is 23.6 Å². The monoisotopic (exact) mass is 266 g/mol. The Balaban J connectivity index is 1.97. The maximum absolute atomic E-state index is 5.67. The third-order valence-corrected chi connectivity index (χ3v) is 4.70. The van der Waals surface area contributed by atoms with Gasteiger partial charge in [0.1, 0.15) is 0 Å². The number of hydrogen-bond acceptors (Lipinski definition) is 4. The SMILES string of the molecule is Cc1sc(CN)cc1CN(C)Cc1cccs1. The Labute approximate surface area is 111 Å². The van der Waals surface area contributed by atoms with Gasteiger partial charge in [-0.3, -0.25) is 4.90 Å². The van der Waals surface area contributed by atoms with Crippen molar-refractivity contribution in [3.05, 3.63) is 43.8 Å². The predicted molar refractivity (Wildman–Crippen MR) is 76.4 cm³/mol. The molecule has 0 aliphatic heterocycles. The smallest absolute Gasteiger partial charge is 0.0328 e. The molecule has 0 unspecified atom stereocenters. The van der Waals surface area contributed by atoms with Gasteiger partial charge in [0, 0.05) is 34.3 Å². The van der Waals surface area contributed by atoms with Crippen LogP contribution in [0.4, 0.5) is 0 Å². The Kier molecular flexibility index (Phi) is 4.34. The first-order chi connectivity index (χ1) is 8.19. The normalized spacial score (nSPS) is 11.3. The first kappa shape index (κ1) is 12.8. The molecule has 0 aromatic carbocycles. The zero-order valence-electron chi connectivity index (χ0n) is 10.3. The van der Waals surface area contributed by atoms with E-state index in [0.717, 1.165) is 13.1 Å². The fraction of sp³-hybridized carbons (Fsp3) is 0.385. The molecule has 2 aromatic rings. The molecule has 2 aromatic heterocycles. The van der Waals surface area contributed by atoms with Gasteiger partial charge in [0.15, 0.2) is 0 Å². The molecular weight excluding hydrogens is 248 g/mol. The van der Waals surface area contributed by atoms with Crippen molar-refractivity contribution in [2.45, 2.75) is 26.6 Å². The van der Waals surface area contributed by atoms with Crippen molar-refractivity contribution in [1.29, 1.82) is 0 Å². The lowest BCUT2D eigenvalue weighted by Crippen LogP contribution is -2.16. The van der Waals surface area contributed by atoms with Gasteiger partial charge in [0.25, 0.3) is 0 Å². The Bertz CT molecular complexity index is 460. The molecular formula is C13H18N2S2. The molecule has 2 rings (SSSR count). The van der Waals surface area contributed by atoms with E-state index in [-0.39, 0.29) is 0 Å². The second-order valence-corrected chi connectivity index (χ2v) is 6.62. The highest BCUT2D eigenvalue weighted by atomic mass is 32.1. The van der Waals surface area contributed by atoms with E-state index in [0.29, 0.717) is 6.54 Å². The summed E-state index contributed by atoms with van der Waals surface area (Å²) in [4.78, 5) is 6.44. The topological polar surface area (TPSA) is 29.3 Å². The maximum atomic E-state index is 5.67. The van der Waals surface area contributed by atoms with Gasteiger partial charge in [-0.1, -0.05) is 6.07 Å². The molecule has 0 amide bonds. The zero-order valence-corrected chi connectivity index (χ0v) is 11.9. The minimum Gasteiger partial charge on any atom is -0.326 e. The molecule has 0 bridgehead atoms. The van der Waals surface area contributed by atoms with Gasteiger partial charge in [-0.25, -0.2) is 0 Å². The Morgan fingerprint density at radius 3 is 2.71 bits per heavy atom. The van der Waals surface area contributed by atoms with Gasteiger partial charge < -0.3 is 5.73 Å². The molecule has 0 aliphatic carbocycles. The van der Waals surface area contributed by atoms with Crippen LogP contribution in [0.3, 0.4) is 0 Å². The lowest BCUT2D eigenvalue weighted by Gasteiger charge is -2.15. The number of nitrogens with zero attached hydrogens (tertiary/aromatic N) is 1. The molecule has 4 heteroatoms. The Morgan fingerprint density at radius 1 is 1.29 bits per heavy atom. The van der Waals surface area contributed by atoms with E-state index in [2.05, 4.69) is 42.5 Å². The highest BCUT2D eigenvalue weighted by molar-refractivity contribution is 7.12. The summed E-state index contributed by atoms with van der Waals surface area (Å²) in [5.74, 6) is 0. The van der Waals surface area contributed by atoms with Gasteiger partial charge in [-0.2, -0.15) is 0 Å². The van der Waals surface area contributed by atoms with Crippen molar-refractivity contribution in [3.8, 4) is 0 Å². The van der Waals surface area contributed by atoms with Crippen LogP contribution in [0.25, 0.3) is 0 Å². The molecule has 0 radical (unpaired) electrons. The van der Waals surface area contributed by atoms with Crippen LogP contribution in [0.5, 0.6) is 0 Å². The molecule has 0 saturated carbocycles. The summed E-state index contributed by atoms with van der Waals surface area (Å²) in [7, 11) is 2.17. The highest BCUT2D eigenvalue weighted by Crippen LogP contribution is 2.23. The minimum absolute atomic E-state index is 0.653. The van der Waals surface area contributed by atoms with Gasteiger partial charge in [0.05, 0.1) is 0 Å². The van der Waals surface area contributed by atoms with E-state index < -0.39 is 0 Å². The molecule has 0 fully saturated rings. The number of thiophene rings is 2. The second kappa shape index (κ2) is 5.78. The fourth-order valence-electron chi connectivity index (χ4n) is 1.86. The lowest BCUT2D eigenvalue weighted by molar-refractivity contribution is 0.322. The van der Waals surface area contributed by atoms with E-state index >= 15 is 0 Å². The summed E-state index contributed by atoms with van der Waals surface area (Å²) < 4.78 is 0. The summed E-state index contributed by atoms with van der Waals surface area (Å²) in [5, 5.41) is 2.13. The molecule has 92 valence electrons. The van der Waals surface area contributed by atoms with E-state index in [1.54, 1.807) is 0 Å². The van der Waals surface area contributed by atoms with Crippen molar-refractivity contribution < 1.29 is 0 Å².